The monoisotopic (exact) mass is 141 g/mol. The van der Waals surface area contributed by atoms with E-state index in [1.165, 1.54) is 0 Å². The molecular weight excluding hydrogens is 130 g/mol. The third kappa shape index (κ3) is 3.04. The van der Waals surface area contributed by atoms with Gasteiger partial charge in [-0.05, 0) is 6.42 Å². The summed E-state index contributed by atoms with van der Waals surface area (Å²) in [4.78, 5) is 10.7. The topological polar surface area (TPSA) is 52.3 Å². The summed E-state index contributed by atoms with van der Waals surface area (Å²) in [6.07, 6.45) is 2.03. The molecule has 0 aromatic carbocycles. The molecule has 0 saturated carbocycles. The lowest BCUT2D eigenvalue weighted by molar-refractivity contribution is -0.138. The van der Waals surface area contributed by atoms with Crippen molar-refractivity contribution in [3.8, 4) is 0 Å². The lowest BCUT2D eigenvalue weighted by Crippen LogP contribution is -2.13. The highest BCUT2D eigenvalue weighted by Crippen LogP contribution is 1.99. The normalized spacial score (nSPS) is 8.50. The highest BCUT2D eigenvalue weighted by atomic mass is 16.5. The minimum atomic E-state index is -0.456. The van der Waals surface area contributed by atoms with Gasteiger partial charge in [-0.25, -0.2) is 4.79 Å². The number of rotatable bonds is 4. The third-order valence-electron chi connectivity index (χ3n) is 0.894. The van der Waals surface area contributed by atoms with Crippen LogP contribution in [0.5, 0.6) is 0 Å². The molecule has 0 atom stereocenters. The molecular formula is C7H11NO2. The van der Waals surface area contributed by atoms with Gasteiger partial charge >= 0.3 is 5.97 Å². The summed E-state index contributed by atoms with van der Waals surface area (Å²) >= 11 is 0. The Morgan fingerprint density at radius 1 is 1.70 bits per heavy atom. The summed E-state index contributed by atoms with van der Waals surface area (Å²) in [5.41, 5.74) is 5.33. The maximum Gasteiger partial charge on any atom is 0.335 e. The van der Waals surface area contributed by atoms with E-state index in [2.05, 4.69) is 17.9 Å². The predicted molar refractivity (Wildman–Crippen MR) is 39.1 cm³/mol. The highest BCUT2D eigenvalue weighted by Gasteiger charge is 2.03. The molecule has 3 nitrogen and oxygen atoms in total. The minimum absolute atomic E-state index is 0.102. The Bertz CT molecular complexity index is 152. The molecule has 0 spiro atoms. The van der Waals surface area contributed by atoms with E-state index in [1.807, 2.05) is 0 Å². The van der Waals surface area contributed by atoms with Crippen molar-refractivity contribution in [2.75, 3.05) is 6.73 Å². The molecule has 0 aliphatic carbocycles. The molecule has 0 bridgehead atoms. The molecule has 0 fully saturated rings. The van der Waals surface area contributed by atoms with Crippen molar-refractivity contribution in [1.82, 2.24) is 0 Å². The molecule has 3 heteroatoms. The van der Waals surface area contributed by atoms with Gasteiger partial charge in [0.25, 0.3) is 0 Å². The maximum atomic E-state index is 10.7. The summed E-state index contributed by atoms with van der Waals surface area (Å²) in [5.74, 6) is -0.456. The van der Waals surface area contributed by atoms with Crippen LogP contribution in [0.1, 0.15) is 6.42 Å². The van der Waals surface area contributed by atoms with Gasteiger partial charge in [0.2, 0.25) is 0 Å². The molecule has 0 heterocycles. The summed E-state index contributed by atoms with van der Waals surface area (Å²) in [5, 5.41) is 0. The van der Waals surface area contributed by atoms with E-state index in [-0.39, 0.29) is 6.73 Å². The molecule has 0 aromatic rings. The summed E-state index contributed by atoms with van der Waals surface area (Å²) < 4.78 is 4.45. The second kappa shape index (κ2) is 4.76. The molecule has 0 radical (unpaired) electrons. The number of carbonyl (C=O) groups excluding carboxylic acids is 1. The van der Waals surface area contributed by atoms with Crippen molar-refractivity contribution in [1.29, 1.82) is 0 Å². The van der Waals surface area contributed by atoms with Gasteiger partial charge in [-0.1, -0.05) is 12.7 Å². The number of allylic oxidation sites excluding steroid dienone is 1. The van der Waals surface area contributed by atoms with E-state index in [1.54, 1.807) is 6.08 Å². The standard InChI is InChI=1S/C7H11NO2/c1-3-4-6(2)7(9)10-5-8/h3H,1-2,4-5,8H2. The van der Waals surface area contributed by atoms with Gasteiger partial charge in [0.15, 0.2) is 0 Å². The molecule has 0 unspecified atom stereocenters. The Balaban J connectivity index is 3.70. The molecule has 0 rings (SSSR count). The number of esters is 1. The number of carbonyl (C=O) groups is 1. The van der Waals surface area contributed by atoms with Gasteiger partial charge in [0.05, 0.1) is 0 Å². The lowest BCUT2D eigenvalue weighted by Gasteiger charge is -2.00. The third-order valence-corrected chi connectivity index (χ3v) is 0.894. The largest absolute Gasteiger partial charge is 0.447 e. The Morgan fingerprint density at radius 2 is 2.30 bits per heavy atom. The first kappa shape index (κ1) is 8.91. The average molecular weight is 141 g/mol. The molecule has 10 heavy (non-hydrogen) atoms. The fraction of sp³-hybridized carbons (Fsp3) is 0.286. The van der Waals surface area contributed by atoms with E-state index in [4.69, 9.17) is 5.73 Å². The van der Waals surface area contributed by atoms with Crippen molar-refractivity contribution in [2.24, 2.45) is 5.73 Å². The van der Waals surface area contributed by atoms with Crippen LogP contribution in [0.15, 0.2) is 24.8 Å². The van der Waals surface area contributed by atoms with Crippen LogP contribution in [0, 0.1) is 0 Å². The van der Waals surface area contributed by atoms with Crippen LogP contribution in [-0.2, 0) is 9.53 Å². The zero-order chi connectivity index (χ0) is 7.98. The Kier molecular flexibility index (Phi) is 4.24. The fourth-order valence-corrected chi connectivity index (χ4v) is 0.435. The summed E-state index contributed by atoms with van der Waals surface area (Å²) in [6, 6.07) is 0. The number of hydrogen-bond acceptors (Lipinski definition) is 3. The Labute approximate surface area is 60.2 Å². The number of hydrogen-bond donors (Lipinski definition) is 1. The molecule has 0 amide bonds. The predicted octanol–water partition coefficient (Wildman–Crippen LogP) is 0.578. The SMILES string of the molecule is C=CCC(=C)C(=O)OCN. The van der Waals surface area contributed by atoms with E-state index < -0.39 is 5.97 Å². The van der Waals surface area contributed by atoms with Gasteiger partial charge in [-0.3, -0.25) is 5.73 Å². The first-order valence-electron chi connectivity index (χ1n) is 2.88. The highest BCUT2D eigenvalue weighted by molar-refractivity contribution is 5.87. The van der Waals surface area contributed by atoms with Gasteiger partial charge in [0, 0.05) is 5.57 Å². The van der Waals surface area contributed by atoms with Gasteiger partial charge in [-0.15, -0.1) is 6.58 Å². The van der Waals surface area contributed by atoms with Gasteiger partial charge in [0.1, 0.15) is 6.73 Å². The van der Waals surface area contributed by atoms with Crippen molar-refractivity contribution < 1.29 is 9.53 Å². The first-order valence-corrected chi connectivity index (χ1v) is 2.88. The molecule has 2 N–H and O–H groups in total. The van der Waals surface area contributed by atoms with Crippen LogP contribution >= 0.6 is 0 Å². The fourth-order valence-electron chi connectivity index (χ4n) is 0.435. The van der Waals surface area contributed by atoms with Crippen molar-refractivity contribution >= 4 is 5.97 Å². The second-order valence-electron chi connectivity index (χ2n) is 1.69. The Morgan fingerprint density at radius 3 is 2.70 bits per heavy atom. The zero-order valence-electron chi connectivity index (χ0n) is 5.80. The van der Waals surface area contributed by atoms with E-state index in [9.17, 15) is 4.79 Å². The van der Waals surface area contributed by atoms with Crippen molar-refractivity contribution in [3.63, 3.8) is 0 Å². The van der Waals surface area contributed by atoms with E-state index in [0.717, 1.165) is 0 Å². The molecule has 0 aliphatic rings. The first-order chi connectivity index (χ1) is 4.72. The van der Waals surface area contributed by atoms with Crippen molar-refractivity contribution in [3.05, 3.63) is 24.8 Å². The van der Waals surface area contributed by atoms with Crippen LogP contribution < -0.4 is 5.73 Å². The smallest absolute Gasteiger partial charge is 0.335 e. The maximum absolute atomic E-state index is 10.7. The number of nitrogens with two attached hydrogens (primary N) is 1. The molecule has 0 aromatic heterocycles. The summed E-state index contributed by atoms with van der Waals surface area (Å²) in [6.45, 7) is 6.80. The van der Waals surface area contributed by atoms with Gasteiger partial charge < -0.3 is 4.74 Å². The number of ether oxygens (including phenoxy) is 1. The van der Waals surface area contributed by atoms with Crippen LogP contribution in [0.3, 0.4) is 0 Å². The zero-order valence-corrected chi connectivity index (χ0v) is 5.80. The van der Waals surface area contributed by atoms with Crippen LogP contribution in [0.25, 0.3) is 0 Å². The minimum Gasteiger partial charge on any atom is -0.447 e. The molecule has 0 aliphatic heterocycles. The summed E-state index contributed by atoms with van der Waals surface area (Å²) in [7, 11) is 0. The quantitative estimate of drug-likeness (QED) is 0.269. The average Bonchev–Trinajstić information content (AvgIpc) is 1.89. The lowest BCUT2D eigenvalue weighted by atomic mass is 10.2. The van der Waals surface area contributed by atoms with Crippen LogP contribution in [0.4, 0.5) is 0 Å². The molecule has 56 valence electrons. The Hall–Kier alpha value is -1.09. The van der Waals surface area contributed by atoms with E-state index >= 15 is 0 Å². The second-order valence-corrected chi connectivity index (χ2v) is 1.69. The molecule has 0 saturated heterocycles. The van der Waals surface area contributed by atoms with Crippen LogP contribution in [-0.4, -0.2) is 12.7 Å². The van der Waals surface area contributed by atoms with E-state index in [0.29, 0.717) is 12.0 Å². The van der Waals surface area contributed by atoms with Crippen LogP contribution in [0.2, 0.25) is 0 Å². The van der Waals surface area contributed by atoms with Gasteiger partial charge in [-0.2, -0.15) is 0 Å². The van der Waals surface area contributed by atoms with Crippen molar-refractivity contribution in [2.45, 2.75) is 6.42 Å².